The summed E-state index contributed by atoms with van der Waals surface area (Å²) in [6.07, 6.45) is 3.85. The number of nitrogens with zero attached hydrogens (tertiary/aromatic N) is 3. The number of carbonyl (C=O) groups is 2. The van der Waals surface area contributed by atoms with Crippen molar-refractivity contribution in [3.63, 3.8) is 0 Å². The number of carbonyl (C=O) groups excluding carboxylic acids is 2. The third-order valence-electron chi connectivity index (χ3n) is 7.91. The van der Waals surface area contributed by atoms with Gasteiger partial charge in [-0.3, -0.25) is 14.6 Å². The Balaban J connectivity index is 1.30. The van der Waals surface area contributed by atoms with E-state index in [4.69, 9.17) is 19.2 Å². The van der Waals surface area contributed by atoms with Crippen LogP contribution in [0.3, 0.4) is 0 Å². The highest BCUT2D eigenvalue weighted by atomic mass is 16.5. The van der Waals surface area contributed by atoms with Crippen LogP contribution in [0.2, 0.25) is 0 Å². The largest absolute Gasteiger partial charge is 0.496 e. The van der Waals surface area contributed by atoms with Crippen molar-refractivity contribution in [2.45, 2.75) is 38.6 Å². The Morgan fingerprint density at radius 2 is 1.66 bits per heavy atom. The Kier molecular flexibility index (Phi) is 8.17. The topological polar surface area (TPSA) is 111 Å². The average molecular weight is 557 g/mol. The van der Waals surface area contributed by atoms with Gasteiger partial charge in [0.15, 0.2) is 28.9 Å². The van der Waals surface area contributed by atoms with Gasteiger partial charge in [-0.2, -0.15) is 0 Å². The molecule has 0 saturated carbocycles. The number of fused-ring (bicyclic) bond motifs is 2. The summed E-state index contributed by atoms with van der Waals surface area (Å²) in [4.78, 5) is 41.4. The van der Waals surface area contributed by atoms with Gasteiger partial charge in [0.05, 0.1) is 32.8 Å². The first-order valence-electron chi connectivity index (χ1n) is 13.9. The van der Waals surface area contributed by atoms with Crippen molar-refractivity contribution in [1.29, 1.82) is 0 Å². The van der Waals surface area contributed by atoms with Crippen molar-refractivity contribution in [3.05, 3.63) is 64.9 Å². The third kappa shape index (κ3) is 5.46. The van der Waals surface area contributed by atoms with Crippen molar-refractivity contribution in [2.75, 3.05) is 34.4 Å². The second-order valence-corrected chi connectivity index (χ2v) is 10.9. The van der Waals surface area contributed by atoms with E-state index in [2.05, 4.69) is 15.3 Å². The SMILES string of the molecule is COc1ccc(CCNCCCC2C(=O)C3=NC(c4ccccc4OC)=NC3=C3C=NC(C)(C)C(=O)C32)cc1OC. The van der Waals surface area contributed by atoms with Gasteiger partial charge in [-0.15, -0.1) is 0 Å². The number of Topliss-reactive ketones (excluding diaryl/α,β-unsaturated/α-hetero) is 2. The van der Waals surface area contributed by atoms with Gasteiger partial charge in [0, 0.05) is 17.7 Å². The van der Waals surface area contributed by atoms with E-state index in [1.807, 2.05) is 42.5 Å². The summed E-state index contributed by atoms with van der Waals surface area (Å²) in [5.74, 6) is 1.16. The predicted octanol–water partition coefficient (Wildman–Crippen LogP) is 4.03. The van der Waals surface area contributed by atoms with Crippen LogP contribution in [0.1, 0.15) is 37.8 Å². The highest BCUT2D eigenvalue weighted by molar-refractivity contribution is 6.52. The standard InChI is InChI=1S/C32H36N4O5/c1-32(2)30(38)26-21(10-8-15-33-16-14-19-12-13-24(40-4)25(17-19)41-5)29(37)28-27(22(26)18-34-32)35-31(36-28)20-9-6-7-11-23(20)39-3/h6-7,9,11-13,17-18,21,26,33H,8,10,14-16H2,1-5H3. The van der Waals surface area contributed by atoms with Crippen LogP contribution >= 0.6 is 0 Å². The summed E-state index contributed by atoms with van der Waals surface area (Å²) in [6, 6.07) is 13.3. The number of hydrogen-bond donors (Lipinski definition) is 1. The van der Waals surface area contributed by atoms with E-state index in [9.17, 15) is 9.59 Å². The molecule has 0 radical (unpaired) electrons. The van der Waals surface area contributed by atoms with E-state index in [1.165, 1.54) is 0 Å². The number of methoxy groups -OCH3 is 3. The van der Waals surface area contributed by atoms with E-state index in [-0.39, 0.29) is 11.6 Å². The Bertz CT molecular complexity index is 1490. The predicted molar refractivity (Wildman–Crippen MR) is 159 cm³/mol. The summed E-state index contributed by atoms with van der Waals surface area (Å²) < 4.78 is 16.2. The average Bonchev–Trinajstić information content (AvgIpc) is 3.43. The zero-order valence-corrected chi connectivity index (χ0v) is 24.2. The quantitative estimate of drug-likeness (QED) is 0.419. The number of benzene rings is 2. The van der Waals surface area contributed by atoms with Crippen LogP contribution in [-0.4, -0.2) is 69.3 Å². The molecule has 214 valence electrons. The van der Waals surface area contributed by atoms with Gasteiger partial charge in [0.2, 0.25) is 0 Å². The van der Waals surface area contributed by atoms with Crippen molar-refractivity contribution >= 4 is 29.3 Å². The highest BCUT2D eigenvalue weighted by Gasteiger charge is 2.51. The first kappa shape index (κ1) is 28.4. The minimum Gasteiger partial charge on any atom is -0.496 e. The molecule has 0 saturated heterocycles. The van der Waals surface area contributed by atoms with Crippen molar-refractivity contribution < 1.29 is 23.8 Å². The summed E-state index contributed by atoms with van der Waals surface area (Å²) in [7, 11) is 4.84. The lowest BCUT2D eigenvalue weighted by Crippen LogP contribution is -2.49. The zero-order valence-electron chi connectivity index (χ0n) is 24.2. The number of hydrogen-bond acceptors (Lipinski definition) is 9. The normalized spacial score (nSPS) is 20.8. The molecule has 1 aliphatic carbocycles. The van der Waals surface area contributed by atoms with Crippen LogP contribution in [0.15, 0.2) is 68.7 Å². The van der Waals surface area contributed by atoms with Crippen LogP contribution in [0, 0.1) is 11.8 Å². The zero-order chi connectivity index (χ0) is 29.1. The fourth-order valence-electron chi connectivity index (χ4n) is 5.64. The van der Waals surface area contributed by atoms with Crippen LogP contribution < -0.4 is 19.5 Å². The lowest BCUT2D eigenvalue weighted by molar-refractivity contribution is -0.131. The third-order valence-corrected chi connectivity index (χ3v) is 7.91. The van der Waals surface area contributed by atoms with Crippen LogP contribution in [0.25, 0.3) is 0 Å². The first-order valence-corrected chi connectivity index (χ1v) is 13.9. The molecule has 0 bridgehead atoms. The maximum atomic E-state index is 13.9. The Morgan fingerprint density at radius 3 is 2.41 bits per heavy atom. The maximum Gasteiger partial charge on any atom is 0.187 e. The Morgan fingerprint density at radius 1 is 0.902 bits per heavy atom. The number of nitrogens with one attached hydrogen (secondary N) is 1. The summed E-state index contributed by atoms with van der Waals surface area (Å²) in [6.45, 7) is 5.09. The number of rotatable bonds is 11. The molecule has 41 heavy (non-hydrogen) atoms. The molecular formula is C32H36N4O5. The maximum absolute atomic E-state index is 13.9. The number of amidine groups is 1. The molecule has 2 unspecified atom stereocenters. The number of aliphatic imine (C=N–C) groups is 3. The molecule has 0 fully saturated rings. The summed E-state index contributed by atoms with van der Waals surface area (Å²) >= 11 is 0. The molecule has 1 N–H and O–H groups in total. The van der Waals surface area contributed by atoms with E-state index >= 15 is 0 Å². The van der Waals surface area contributed by atoms with E-state index in [0.29, 0.717) is 52.1 Å². The number of ether oxygens (including phenoxy) is 3. The van der Waals surface area contributed by atoms with Gasteiger partial charge in [-0.1, -0.05) is 18.2 Å². The van der Waals surface area contributed by atoms with Crippen LogP contribution in [-0.2, 0) is 16.0 Å². The molecule has 9 heteroatoms. The molecule has 2 aliphatic heterocycles. The molecule has 0 aromatic heterocycles. The van der Waals surface area contributed by atoms with Crippen molar-refractivity contribution in [1.82, 2.24) is 5.32 Å². The van der Waals surface area contributed by atoms with Crippen LogP contribution in [0.4, 0.5) is 0 Å². The molecule has 2 aromatic rings. The molecular weight excluding hydrogens is 520 g/mol. The van der Waals surface area contributed by atoms with Gasteiger partial charge < -0.3 is 19.5 Å². The fraction of sp³-hybridized carbons (Fsp3) is 0.406. The monoisotopic (exact) mass is 556 g/mol. The second kappa shape index (κ2) is 11.8. The van der Waals surface area contributed by atoms with Crippen LogP contribution in [0.5, 0.6) is 17.2 Å². The lowest BCUT2D eigenvalue weighted by Gasteiger charge is -2.37. The molecule has 0 amide bonds. The second-order valence-electron chi connectivity index (χ2n) is 10.9. The molecule has 2 atom stereocenters. The molecule has 2 aromatic carbocycles. The molecule has 2 heterocycles. The van der Waals surface area contributed by atoms with Gasteiger partial charge >= 0.3 is 0 Å². The Labute approximate surface area is 240 Å². The molecule has 5 rings (SSSR count). The smallest absolute Gasteiger partial charge is 0.187 e. The fourth-order valence-corrected chi connectivity index (χ4v) is 5.64. The van der Waals surface area contributed by atoms with Gasteiger partial charge in [0.25, 0.3) is 0 Å². The molecule has 3 aliphatic rings. The summed E-state index contributed by atoms with van der Waals surface area (Å²) in [5.41, 5.74) is 2.39. The number of allylic oxidation sites excluding steroid dienone is 2. The minimum atomic E-state index is -0.895. The minimum absolute atomic E-state index is 0.0535. The molecule has 0 spiro atoms. The van der Waals surface area contributed by atoms with Gasteiger partial charge in [-0.25, -0.2) is 9.98 Å². The van der Waals surface area contributed by atoms with E-state index in [0.717, 1.165) is 31.5 Å². The molecule has 9 nitrogen and oxygen atoms in total. The van der Waals surface area contributed by atoms with Gasteiger partial charge in [0.1, 0.15) is 22.7 Å². The van der Waals surface area contributed by atoms with E-state index < -0.39 is 17.4 Å². The lowest BCUT2D eigenvalue weighted by atomic mass is 9.67. The Hall–Kier alpha value is -4.11. The van der Waals surface area contributed by atoms with Crippen molar-refractivity contribution in [3.8, 4) is 17.2 Å². The number of para-hydroxylation sites is 1. The summed E-state index contributed by atoms with van der Waals surface area (Å²) in [5, 5.41) is 3.47. The first-order chi connectivity index (χ1) is 19.8. The number of ketones is 2. The highest BCUT2D eigenvalue weighted by Crippen LogP contribution is 2.42. The van der Waals surface area contributed by atoms with Crippen molar-refractivity contribution in [2.24, 2.45) is 26.8 Å². The van der Waals surface area contributed by atoms with E-state index in [1.54, 1.807) is 41.4 Å². The van der Waals surface area contributed by atoms with Gasteiger partial charge in [-0.05, 0) is 76.0 Å².